The van der Waals surface area contributed by atoms with Gasteiger partial charge in [0.15, 0.2) is 0 Å². The summed E-state index contributed by atoms with van der Waals surface area (Å²) in [6.45, 7) is 10.1. The Balaban J connectivity index is 2.22. The van der Waals surface area contributed by atoms with E-state index in [2.05, 4.69) is 9.88 Å². The van der Waals surface area contributed by atoms with Gasteiger partial charge in [-0.05, 0) is 37.6 Å². The fraction of sp³-hybridized carbons (Fsp3) is 0.769. The predicted molar refractivity (Wildman–Crippen MR) is 74.4 cm³/mol. The number of nitrogens with zero attached hydrogens (tertiary/aromatic N) is 4. The molecule has 112 valence electrons. The molecule has 0 N–H and O–H groups in total. The highest BCUT2D eigenvalue weighted by atomic mass is 16.6. The van der Waals surface area contributed by atoms with Gasteiger partial charge in [-0.1, -0.05) is 0 Å². The third kappa shape index (κ3) is 3.16. The summed E-state index contributed by atoms with van der Waals surface area (Å²) in [6, 6.07) is 0. The molecule has 0 unspecified atom stereocenters. The van der Waals surface area contributed by atoms with Gasteiger partial charge in [0.1, 0.15) is 5.69 Å². The van der Waals surface area contributed by atoms with Crippen molar-refractivity contribution >= 4 is 5.82 Å². The van der Waals surface area contributed by atoms with E-state index >= 15 is 0 Å². The lowest BCUT2D eigenvalue weighted by Gasteiger charge is -2.47. The van der Waals surface area contributed by atoms with E-state index in [1.165, 1.54) is 6.33 Å². The van der Waals surface area contributed by atoms with E-state index in [1.54, 1.807) is 11.6 Å². The molecule has 20 heavy (non-hydrogen) atoms. The van der Waals surface area contributed by atoms with Gasteiger partial charge in [0, 0.05) is 26.7 Å². The first kappa shape index (κ1) is 14.9. The fourth-order valence-corrected chi connectivity index (χ4v) is 3.05. The average Bonchev–Trinajstić information content (AvgIpc) is 2.55. The van der Waals surface area contributed by atoms with Gasteiger partial charge in [-0.2, -0.15) is 0 Å². The number of ether oxygens (including phenoxy) is 1. The van der Waals surface area contributed by atoms with Crippen molar-refractivity contribution in [3.63, 3.8) is 0 Å². The SMILES string of the molecule is Cn1cnc([N+](=O)[O-])c1CN1CC(C)(C)OC(C)(C)C1. The number of hydrogen-bond donors (Lipinski definition) is 0. The molecule has 1 fully saturated rings. The zero-order valence-electron chi connectivity index (χ0n) is 12.7. The van der Waals surface area contributed by atoms with Gasteiger partial charge in [-0.25, -0.2) is 0 Å². The Bertz CT molecular complexity index is 506. The maximum atomic E-state index is 11.0. The quantitative estimate of drug-likeness (QED) is 0.623. The minimum Gasteiger partial charge on any atom is -0.367 e. The van der Waals surface area contributed by atoms with Crippen LogP contribution in [0.25, 0.3) is 0 Å². The lowest BCUT2D eigenvalue weighted by molar-refractivity contribution is -0.390. The largest absolute Gasteiger partial charge is 0.386 e. The van der Waals surface area contributed by atoms with Gasteiger partial charge >= 0.3 is 5.82 Å². The molecule has 1 aromatic heterocycles. The molecule has 1 aromatic rings. The van der Waals surface area contributed by atoms with Gasteiger partial charge < -0.3 is 19.4 Å². The second-order valence-corrected chi connectivity index (χ2v) is 6.65. The summed E-state index contributed by atoms with van der Waals surface area (Å²) in [6.07, 6.45) is 1.49. The maximum Gasteiger partial charge on any atom is 0.386 e. The molecule has 0 aliphatic carbocycles. The molecule has 0 atom stereocenters. The number of imidazole rings is 1. The van der Waals surface area contributed by atoms with Gasteiger partial charge in [0.05, 0.1) is 11.2 Å². The third-order valence-corrected chi connectivity index (χ3v) is 3.34. The van der Waals surface area contributed by atoms with Crippen molar-refractivity contribution in [1.29, 1.82) is 0 Å². The molecule has 0 saturated carbocycles. The molecule has 7 nitrogen and oxygen atoms in total. The lowest BCUT2D eigenvalue weighted by atomic mass is 9.99. The van der Waals surface area contributed by atoms with Crippen LogP contribution in [-0.2, 0) is 18.3 Å². The molecular formula is C13H22N4O3. The lowest BCUT2D eigenvalue weighted by Crippen LogP contribution is -2.56. The smallest absolute Gasteiger partial charge is 0.367 e. The van der Waals surface area contributed by atoms with Crippen LogP contribution in [0.5, 0.6) is 0 Å². The van der Waals surface area contributed by atoms with Crippen LogP contribution in [0.1, 0.15) is 33.4 Å². The molecule has 1 saturated heterocycles. The zero-order valence-corrected chi connectivity index (χ0v) is 12.7. The standard InChI is InChI=1S/C13H22N4O3/c1-12(2)7-16(8-13(3,4)20-12)6-10-11(17(18)19)14-9-15(10)5/h9H,6-8H2,1-5H3. The summed E-state index contributed by atoms with van der Waals surface area (Å²) in [7, 11) is 1.78. The van der Waals surface area contributed by atoms with Crippen molar-refractivity contribution in [3.05, 3.63) is 22.1 Å². The van der Waals surface area contributed by atoms with Crippen LogP contribution in [0.15, 0.2) is 6.33 Å². The summed E-state index contributed by atoms with van der Waals surface area (Å²) >= 11 is 0. The molecule has 0 aromatic carbocycles. The van der Waals surface area contributed by atoms with E-state index in [-0.39, 0.29) is 17.0 Å². The molecule has 1 aliphatic rings. The van der Waals surface area contributed by atoms with E-state index in [1.807, 2.05) is 27.7 Å². The highest BCUT2D eigenvalue weighted by molar-refractivity contribution is 5.27. The minimum atomic E-state index is -0.425. The maximum absolute atomic E-state index is 11.0. The molecule has 1 aliphatic heterocycles. The van der Waals surface area contributed by atoms with Crippen LogP contribution in [0, 0.1) is 10.1 Å². The normalized spacial score (nSPS) is 21.9. The number of morpholine rings is 1. The van der Waals surface area contributed by atoms with E-state index in [0.717, 1.165) is 13.1 Å². The summed E-state index contributed by atoms with van der Waals surface area (Å²) < 4.78 is 7.74. The number of rotatable bonds is 3. The molecule has 2 rings (SSSR count). The van der Waals surface area contributed by atoms with Gasteiger partial charge in [0.2, 0.25) is 6.33 Å². The van der Waals surface area contributed by atoms with Crippen LogP contribution in [0.3, 0.4) is 0 Å². The second-order valence-electron chi connectivity index (χ2n) is 6.65. The number of aryl methyl sites for hydroxylation is 1. The van der Waals surface area contributed by atoms with Crippen molar-refractivity contribution in [2.75, 3.05) is 13.1 Å². The first-order valence-corrected chi connectivity index (χ1v) is 6.67. The van der Waals surface area contributed by atoms with Gasteiger partial charge in [-0.3, -0.25) is 4.90 Å². The van der Waals surface area contributed by atoms with Crippen LogP contribution in [0.4, 0.5) is 5.82 Å². The highest BCUT2D eigenvalue weighted by Crippen LogP contribution is 2.30. The molecule has 0 bridgehead atoms. The summed E-state index contributed by atoms with van der Waals surface area (Å²) in [5.74, 6) is -0.0606. The minimum absolute atomic E-state index is 0.0606. The molecule has 0 radical (unpaired) electrons. The molecule has 7 heteroatoms. The Hall–Kier alpha value is -1.47. The number of aromatic nitrogens is 2. The highest BCUT2D eigenvalue weighted by Gasteiger charge is 2.39. The van der Waals surface area contributed by atoms with Crippen molar-refractivity contribution in [2.24, 2.45) is 7.05 Å². The van der Waals surface area contributed by atoms with Crippen molar-refractivity contribution in [2.45, 2.75) is 45.4 Å². The van der Waals surface area contributed by atoms with Crippen molar-refractivity contribution in [1.82, 2.24) is 14.5 Å². The second kappa shape index (κ2) is 4.82. The summed E-state index contributed by atoms with van der Waals surface area (Å²) in [5, 5.41) is 11.0. The topological polar surface area (TPSA) is 73.4 Å². The van der Waals surface area contributed by atoms with E-state index in [4.69, 9.17) is 4.74 Å². The Morgan fingerprint density at radius 2 is 1.90 bits per heavy atom. The Morgan fingerprint density at radius 1 is 1.35 bits per heavy atom. The fourth-order valence-electron chi connectivity index (χ4n) is 3.05. The summed E-state index contributed by atoms with van der Waals surface area (Å²) in [5.41, 5.74) is 0.0908. The first-order chi connectivity index (χ1) is 9.10. The van der Waals surface area contributed by atoms with E-state index < -0.39 is 4.92 Å². The molecule has 0 spiro atoms. The van der Waals surface area contributed by atoms with Crippen molar-refractivity contribution in [3.8, 4) is 0 Å². The Kier molecular flexibility index (Phi) is 3.60. The van der Waals surface area contributed by atoms with Crippen LogP contribution < -0.4 is 0 Å². The van der Waals surface area contributed by atoms with Gasteiger partial charge in [-0.15, -0.1) is 0 Å². The Morgan fingerprint density at radius 3 is 2.40 bits per heavy atom. The molecule has 2 heterocycles. The monoisotopic (exact) mass is 282 g/mol. The van der Waals surface area contributed by atoms with E-state index in [9.17, 15) is 10.1 Å². The number of nitro groups is 1. The van der Waals surface area contributed by atoms with Crippen LogP contribution in [0.2, 0.25) is 0 Å². The average molecular weight is 282 g/mol. The third-order valence-electron chi connectivity index (χ3n) is 3.34. The van der Waals surface area contributed by atoms with Crippen LogP contribution in [-0.4, -0.2) is 43.7 Å². The molecule has 0 amide bonds. The summed E-state index contributed by atoms with van der Waals surface area (Å²) in [4.78, 5) is 16.6. The first-order valence-electron chi connectivity index (χ1n) is 6.67. The van der Waals surface area contributed by atoms with Crippen molar-refractivity contribution < 1.29 is 9.66 Å². The Labute approximate surface area is 118 Å². The predicted octanol–water partition coefficient (Wildman–Crippen LogP) is 1.72. The zero-order chi connectivity index (χ0) is 15.1. The molecular weight excluding hydrogens is 260 g/mol. The van der Waals surface area contributed by atoms with Crippen LogP contribution >= 0.6 is 0 Å². The van der Waals surface area contributed by atoms with E-state index in [0.29, 0.717) is 12.2 Å². The van der Waals surface area contributed by atoms with Gasteiger partial charge in [0.25, 0.3) is 0 Å². The number of hydrogen-bond acceptors (Lipinski definition) is 5.